The summed E-state index contributed by atoms with van der Waals surface area (Å²) >= 11 is 0. The van der Waals surface area contributed by atoms with Gasteiger partial charge in [-0.1, -0.05) is 13.8 Å². The molecule has 1 N–H and O–H groups in total. The van der Waals surface area contributed by atoms with Crippen LogP contribution in [0.1, 0.15) is 30.6 Å². The fraction of sp³-hybridized carbons (Fsp3) is 0.462. The standard InChI is InChI=1S/C13H17FN2O3/c1-9(2)8-16(4-3-12(17)18)13(19)10-5-11(14)7-15-6-10/h5-7,9H,3-4,8H2,1-2H3,(H,17,18). The first kappa shape index (κ1) is 15.1. The van der Waals surface area contributed by atoms with E-state index in [0.717, 1.165) is 12.3 Å². The minimum absolute atomic E-state index is 0.100. The van der Waals surface area contributed by atoms with Gasteiger partial charge in [0.2, 0.25) is 0 Å². The van der Waals surface area contributed by atoms with E-state index in [2.05, 4.69) is 4.98 Å². The van der Waals surface area contributed by atoms with E-state index in [1.807, 2.05) is 13.8 Å². The van der Waals surface area contributed by atoms with Gasteiger partial charge in [0.15, 0.2) is 0 Å². The van der Waals surface area contributed by atoms with Crippen LogP contribution in [0, 0.1) is 11.7 Å². The Morgan fingerprint density at radius 2 is 2.11 bits per heavy atom. The molecule has 0 spiro atoms. The van der Waals surface area contributed by atoms with Crippen molar-refractivity contribution < 1.29 is 19.1 Å². The maximum atomic E-state index is 13.0. The molecule has 0 unspecified atom stereocenters. The smallest absolute Gasteiger partial charge is 0.305 e. The minimum atomic E-state index is -0.973. The van der Waals surface area contributed by atoms with Crippen LogP contribution in [0.2, 0.25) is 0 Å². The number of amides is 1. The SMILES string of the molecule is CC(C)CN(CCC(=O)O)C(=O)c1cncc(F)c1. The van der Waals surface area contributed by atoms with Gasteiger partial charge in [-0.05, 0) is 12.0 Å². The number of hydrogen-bond acceptors (Lipinski definition) is 3. The Hall–Kier alpha value is -1.98. The Labute approximate surface area is 111 Å². The van der Waals surface area contributed by atoms with Gasteiger partial charge in [-0.25, -0.2) is 4.39 Å². The van der Waals surface area contributed by atoms with Crippen molar-refractivity contribution in [3.05, 3.63) is 29.8 Å². The molecule has 0 aliphatic heterocycles. The van der Waals surface area contributed by atoms with Crippen LogP contribution in [-0.4, -0.2) is 40.0 Å². The van der Waals surface area contributed by atoms with Crippen molar-refractivity contribution >= 4 is 11.9 Å². The molecule has 0 aliphatic rings. The van der Waals surface area contributed by atoms with E-state index in [9.17, 15) is 14.0 Å². The summed E-state index contributed by atoms with van der Waals surface area (Å²) in [7, 11) is 0. The molecule has 0 aliphatic carbocycles. The lowest BCUT2D eigenvalue weighted by Crippen LogP contribution is -2.36. The molecule has 0 fully saturated rings. The summed E-state index contributed by atoms with van der Waals surface area (Å²) in [5.74, 6) is -1.77. The molecule has 1 aromatic heterocycles. The zero-order valence-electron chi connectivity index (χ0n) is 11.0. The molecule has 0 saturated carbocycles. The lowest BCUT2D eigenvalue weighted by Gasteiger charge is -2.23. The zero-order chi connectivity index (χ0) is 14.4. The van der Waals surface area contributed by atoms with E-state index < -0.39 is 17.7 Å². The fourth-order valence-corrected chi connectivity index (χ4v) is 1.66. The van der Waals surface area contributed by atoms with E-state index in [0.29, 0.717) is 6.54 Å². The molecule has 1 amide bonds. The normalized spacial score (nSPS) is 10.5. The molecule has 104 valence electrons. The summed E-state index contributed by atoms with van der Waals surface area (Å²) in [4.78, 5) is 27.8. The molecule has 0 saturated heterocycles. The molecule has 5 nitrogen and oxygen atoms in total. The van der Waals surface area contributed by atoms with Crippen LogP contribution >= 0.6 is 0 Å². The average molecular weight is 268 g/mol. The van der Waals surface area contributed by atoms with Gasteiger partial charge < -0.3 is 10.0 Å². The molecule has 6 heteroatoms. The van der Waals surface area contributed by atoms with Crippen LogP contribution < -0.4 is 0 Å². The van der Waals surface area contributed by atoms with Gasteiger partial charge in [-0.3, -0.25) is 14.6 Å². The van der Waals surface area contributed by atoms with Crippen LogP contribution in [-0.2, 0) is 4.79 Å². The monoisotopic (exact) mass is 268 g/mol. The number of nitrogens with zero attached hydrogens (tertiary/aromatic N) is 2. The van der Waals surface area contributed by atoms with Gasteiger partial charge in [0.25, 0.3) is 5.91 Å². The predicted molar refractivity (Wildman–Crippen MR) is 67.2 cm³/mol. The van der Waals surface area contributed by atoms with Gasteiger partial charge in [0.1, 0.15) is 5.82 Å². The molecule has 0 bridgehead atoms. The second-order valence-corrected chi connectivity index (χ2v) is 4.68. The van der Waals surface area contributed by atoms with Crippen molar-refractivity contribution in [2.45, 2.75) is 20.3 Å². The number of pyridine rings is 1. The van der Waals surface area contributed by atoms with Gasteiger partial charge in [-0.15, -0.1) is 0 Å². The molecule has 1 heterocycles. The van der Waals surface area contributed by atoms with E-state index in [1.165, 1.54) is 11.1 Å². The number of carbonyl (C=O) groups is 2. The highest BCUT2D eigenvalue weighted by atomic mass is 19.1. The van der Waals surface area contributed by atoms with Crippen LogP contribution in [0.25, 0.3) is 0 Å². The molecule has 19 heavy (non-hydrogen) atoms. The van der Waals surface area contributed by atoms with Crippen LogP contribution in [0.15, 0.2) is 18.5 Å². The summed E-state index contributed by atoms with van der Waals surface area (Å²) in [6, 6.07) is 1.10. The second kappa shape index (κ2) is 6.82. The minimum Gasteiger partial charge on any atom is -0.481 e. The highest BCUT2D eigenvalue weighted by Gasteiger charge is 2.18. The molecule has 1 rings (SSSR count). The summed E-state index contributed by atoms with van der Waals surface area (Å²) in [6.45, 7) is 4.36. The van der Waals surface area contributed by atoms with E-state index in [-0.39, 0.29) is 24.4 Å². The number of carboxylic acids is 1. The Bertz CT molecular complexity index is 463. The zero-order valence-corrected chi connectivity index (χ0v) is 11.0. The third-order valence-corrected chi connectivity index (χ3v) is 2.42. The first-order valence-electron chi connectivity index (χ1n) is 6.01. The largest absolute Gasteiger partial charge is 0.481 e. The number of aromatic nitrogens is 1. The average Bonchev–Trinajstić information content (AvgIpc) is 2.33. The molecular formula is C13H17FN2O3. The first-order chi connectivity index (χ1) is 8.90. The highest BCUT2D eigenvalue weighted by Crippen LogP contribution is 2.09. The Morgan fingerprint density at radius 3 is 2.63 bits per heavy atom. The van der Waals surface area contributed by atoms with E-state index in [4.69, 9.17) is 5.11 Å². The van der Waals surface area contributed by atoms with Crippen LogP contribution in [0.4, 0.5) is 4.39 Å². The van der Waals surface area contributed by atoms with Crippen molar-refractivity contribution in [2.75, 3.05) is 13.1 Å². The maximum Gasteiger partial charge on any atom is 0.305 e. The summed E-state index contributed by atoms with van der Waals surface area (Å²) < 4.78 is 13.0. The van der Waals surface area contributed by atoms with Crippen molar-refractivity contribution in [3.8, 4) is 0 Å². The van der Waals surface area contributed by atoms with Crippen LogP contribution in [0.3, 0.4) is 0 Å². The topological polar surface area (TPSA) is 70.5 Å². The molecular weight excluding hydrogens is 251 g/mol. The Kier molecular flexibility index (Phi) is 5.41. The summed E-state index contributed by atoms with van der Waals surface area (Å²) in [5.41, 5.74) is 0.131. The molecule has 1 aromatic rings. The third-order valence-electron chi connectivity index (χ3n) is 2.42. The van der Waals surface area contributed by atoms with Crippen molar-refractivity contribution in [1.29, 1.82) is 0 Å². The number of carbonyl (C=O) groups excluding carboxylic acids is 1. The maximum absolute atomic E-state index is 13.0. The molecule has 0 atom stereocenters. The predicted octanol–water partition coefficient (Wildman–Crippen LogP) is 1.79. The van der Waals surface area contributed by atoms with Crippen LogP contribution in [0.5, 0.6) is 0 Å². The van der Waals surface area contributed by atoms with E-state index in [1.54, 1.807) is 0 Å². The molecule has 0 radical (unpaired) electrons. The number of rotatable bonds is 6. The molecule has 0 aromatic carbocycles. The van der Waals surface area contributed by atoms with Gasteiger partial charge in [0, 0.05) is 19.3 Å². The van der Waals surface area contributed by atoms with Gasteiger partial charge >= 0.3 is 5.97 Å². The summed E-state index contributed by atoms with van der Waals surface area (Å²) in [6.07, 6.45) is 2.15. The fourth-order valence-electron chi connectivity index (χ4n) is 1.66. The van der Waals surface area contributed by atoms with Gasteiger partial charge in [-0.2, -0.15) is 0 Å². The van der Waals surface area contributed by atoms with E-state index >= 15 is 0 Å². The summed E-state index contributed by atoms with van der Waals surface area (Å²) in [5, 5.41) is 8.68. The Balaban J connectivity index is 2.83. The Morgan fingerprint density at radius 1 is 1.42 bits per heavy atom. The lowest BCUT2D eigenvalue weighted by atomic mass is 10.1. The van der Waals surface area contributed by atoms with Crippen molar-refractivity contribution in [2.24, 2.45) is 5.92 Å². The number of aliphatic carboxylic acids is 1. The highest BCUT2D eigenvalue weighted by molar-refractivity contribution is 5.94. The number of carboxylic acid groups (broad SMARTS) is 1. The third kappa shape index (κ3) is 5.03. The van der Waals surface area contributed by atoms with Crippen molar-refractivity contribution in [1.82, 2.24) is 9.88 Å². The van der Waals surface area contributed by atoms with Gasteiger partial charge in [0.05, 0.1) is 18.2 Å². The number of hydrogen-bond donors (Lipinski definition) is 1. The second-order valence-electron chi connectivity index (χ2n) is 4.68. The number of halogens is 1. The first-order valence-corrected chi connectivity index (χ1v) is 6.01. The quantitative estimate of drug-likeness (QED) is 0.854. The lowest BCUT2D eigenvalue weighted by molar-refractivity contribution is -0.137. The van der Waals surface area contributed by atoms with Crippen molar-refractivity contribution in [3.63, 3.8) is 0 Å².